The molecule has 0 radical (unpaired) electrons. The Morgan fingerprint density at radius 2 is 2.03 bits per heavy atom. The SMILES string of the molecule is Cc1ccnc([C@@H](Nc2nc(-c3cccnc3)nc3sc4c(c23)CCC4)C2CC2)n1. The smallest absolute Gasteiger partial charge is 0.164 e. The predicted octanol–water partition coefficient (Wildman–Crippen LogP) is 4.90. The van der Waals surface area contributed by atoms with Gasteiger partial charge in [-0.25, -0.2) is 19.9 Å². The minimum Gasteiger partial charge on any atom is -0.359 e. The second-order valence-electron chi connectivity index (χ2n) is 8.19. The fourth-order valence-electron chi connectivity index (χ4n) is 4.31. The van der Waals surface area contributed by atoms with Gasteiger partial charge in [0.05, 0.1) is 11.4 Å². The summed E-state index contributed by atoms with van der Waals surface area (Å²) >= 11 is 1.82. The van der Waals surface area contributed by atoms with Gasteiger partial charge < -0.3 is 5.32 Å². The first kappa shape index (κ1) is 17.9. The van der Waals surface area contributed by atoms with Gasteiger partial charge in [0.1, 0.15) is 10.6 Å². The van der Waals surface area contributed by atoms with Crippen LogP contribution in [0.25, 0.3) is 21.6 Å². The fraction of sp³-hybridized carbons (Fsp3) is 0.348. The van der Waals surface area contributed by atoms with E-state index in [4.69, 9.17) is 15.0 Å². The van der Waals surface area contributed by atoms with Crippen molar-refractivity contribution in [3.05, 3.63) is 58.7 Å². The molecule has 1 atom stereocenters. The van der Waals surface area contributed by atoms with E-state index < -0.39 is 0 Å². The predicted molar refractivity (Wildman–Crippen MR) is 119 cm³/mol. The van der Waals surface area contributed by atoms with E-state index in [2.05, 4.69) is 15.3 Å². The van der Waals surface area contributed by atoms with E-state index in [1.807, 2.05) is 48.9 Å². The van der Waals surface area contributed by atoms with Crippen molar-refractivity contribution in [3.8, 4) is 11.4 Å². The molecule has 150 valence electrons. The number of hydrogen-bond donors (Lipinski definition) is 1. The Labute approximate surface area is 178 Å². The van der Waals surface area contributed by atoms with Crippen molar-refractivity contribution in [3.63, 3.8) is 0 Å². The van der Waals surface area contributed by atoms with E-state index in [-0.39, 0.29) is 6.04 Å². The highest BCUT2D eigenvalue weighted by molar-refractivity contribution is 7.19. The van der Waals surface area contributed by atoms with E-state index in [1.54, 1.807) is 6.20 Å². The number of thiophene rings is 1. The van der Waals surface area contributed by atoms with Crippen LogP contribution in [0, 0.1) is 12.8 Å². The minimum absolute atomic E-state index is 0.0710. The van der Waals surface area contributed by atoms with E-state index in [9.17, 15) is 0 Å². The summed E-state index contributed by atoms with van der Waals surface area (Å²) in [7, 11) is 0. The fourth-order valence-corrected chi connectivity index (χ4v) is 5.57. The molecule has 7 heteroatoms. The van der Waals surface area contributed by atoms with Crippen LogP contribution in [-0.2, 0) is 12.8 Å². The first-order valence-electron chi connectivity index (χ1n) is 10.5. The van der Waals surface area contributed by atoms with E-state index in [0.29, 0.717) is 5.92 Å². The minimum atomic E-state index is 0.0710. The summed E-state index contributed by atoms with van der Waals surface area (Å²) in [6, 6.07) is 5.96. The summed E-state index contributed by atoms with van der Waals surface area (Å²) in [5, 5.41) is 4.96. The van der Waals surface area contributed by atoms with Crippen LogP contribution in [0.3, 0.4) is 0 Å². The number of fused-ring (bicyclic) bond motifs is 3. The zero-order valence-corrected chi connectivity index (χ0v) is 17.6. The number of rotatable bonds is 5. The average Bonchev–Trinajstić information content (AvgIpc) is 3.40. The van der Waals surface area contributed by atoms with E-state index in [0.717, 1.165) is 46.4 Å². The lowest BCUT2D eigenvalue weighted by atomic mass is 10.1. The summed E-state index contributed by atoms with van der Waals surface area (Å²) in [6.45, 7) is 2.02. The van der Waals surface area contributed by atoms with Crippen LogP contribution >= 0.6 is 11.3 Å². The number of aryl methyl sites for hydroxylation is 3. The molecule has 0 bridgehead atoms. The van der Waals surface area contributed by atoms with Gasteiger partial charge in [0.2, 0.25) is 0 Å². The topological polar surface area (TPSA) is 76.5 Å². The molecular formula is C23H22N6S. The molecule has 2 aliphatic rings. The summed E-state index contributed by atoms with van der Waals surface area (Å²) in [5.74, 6) is 3.04. The van der Waals surface area contributed by atoms with Crippen LogP contribution in [0.1, 0.15) is 47.3 Å². The summed E-state index contributed by atoms with van der Waals surface area (Å²) in [4.78, 5) is 26.0. The number of anilines is 1. The zero-order chi connectivity index (χ0) is 20.1. The third-order valence-corrected chi connectivity index (χ3v) is 7.15. The van der Waals surface area contributed by atoms with Crippen LogP contribution in [0.5, 0.6) is 0 Å². The van der Waals surface area contributed by atoms with Gasteiger partial charge in [-0.15, -0.1) is 11.3 Å². The molecule has 6 rings (SSSR count). The normalized spacial score (nSPS) is 16.6. The average molecular weight is 415 g/mol. The third-order valence-electron chi connectivity index (χ3n) is 5.96. The Balaban J connectivity index is 1.50. The quantitative estimate of drug-likeness (QED) is 0.500. The van der Waals surface area contributed by atoms with Gasteiger partial charge in [-0.05, 0) is 68.7 Å². The molecule has 0 spiro atoms. The second-order valence-corrected chi connectivity index (χ2v) is 9.27. The van der Waals surface area contributed by atoms with Crippen LogP contribution in [0.15, 0.2) is 36.8 Å². The van der Waals surface area contributed by atoms with Crippen molar-refractivity contribution in [2.45, 2.75) is 45.1 Å². The summed E-state index contributed by atoms with van der Waals surface area (Å²) < 4.78 is 0. The molecule has 0 amide bonds. The molecule has 0 aromatic carbocycles. The van der Waals surface area contributed by atoms with Gasteiger partial charge in [0.15, 0.2) is 11.6 Å². The highest BCUT2D eigenvalue weighted by atomic mass is 32.1. The maximum Gasteiger partial charge on any atom is 0.164 e. The van der Waals surface area contributed by atoms with Crippen molar-refractivity contribution in [2.75, 3.05) is 5.32 Å². The zero-order valence-electron chi connectivity index (χ0n) is 16.8. The highest BCUT2D eigenvalue weighted by Crippen LogP contribution is 2.45. The molecule has 0 unspecified atom stereocenters. The second kappa shape index (κ2) is 7.09. The molecule has 1 saturated carbocycles. The van der Waals surface area contributed by atoms with Crippen molar-refractivity contribution in [1.82, 2.24) is 24.9 Å². The van der Waals surface area contributed by atoms with Gasteiger partial charge in [-0.2, -0.15) is 0 Å². The van der Waals surface area contributed by atoms with Crippen molar-refractivity contribution < 1.29 is 0 Å². The molecule has 1 N–H and O–H groups in total. The standard InChI is InChI=1S/C23H22N6S/c1-13-9-11-25-22(26-13)19(14-7-8-14)27-21-18-16-5-2-6-17(16)30-23(18)29-20(28-21)15-4-3-10-24-12-15/h3-4,9-12,14,19H,2,5-8H2,1H3,(H,27,28,29)/t19-/m0/s1. The van der Waals surface area contributed by atoms with Crippen LogP contribution in [0.2, 0.25) is 0 Å². The molecule has 0 aliphatic heterocycles. The molecule has 1 fully saturated rings. The third kappa shape index (κ3) is 3.13. The van der Waals surface area contributed by atoms with Crippen molar-refractivity contribution in [1.29, 1.82) is 0 Å². The van der Waals surface area contributed by atoms with E-state index >= 15 is 0 Å². The number of aromatic nitrogens is 5. The van der Waals surface area contributed by atoms with Gasteiger partial charge in [0, 0.05) is 34.7 Å². The van der Waals surface area contributed by atoms with Crippen molar-refractivity contribution in [2.24, 2.45) is 5.92 Å². The maximum atomic E-state index is 5.01. The molecule has 0 saturated heterocycles. The monoisotopic (exact) mass is 414 g/mol. The Morgan fingerprint density at radius 3 is 2.83 bits per heavy atom. The Hall–Kier alpha value is -2.93. The molecule has 6 nitrogen and oxygen atoms in total. The first-order valence-corrected chi connectivity index (χ1v) is 11.4. The summed E-state index contributed by atoms with van der Waals surface area (Å²) in [6.07, 6.45) is 11.3. The lowest BCUT2D eigenvalue weighted by Gasteiger charge is -2.19. The Morgan fingerprint density at radius 1 is 1.10 bits per heavy atom. The molecule has 4 heterocycles. The maximum absolute atomic E-state index is 5.01. The molecular weight excluding hydrogens is 392 g/mol. The van der Waals surface area contributed by atoms with Gasteiger partial charge in [-0.3, -0.25) is 4.98 Å². The molecule has 30 heavy (non-hydrogen) atoms. The number of pyridine rings is 1. The number of nitrogens with zero attached hydrogens (tertiary/aromatic N) is 5. The highest BCUT2D eigenvalue weighted by Gasteiger charge is 2.35. The van der Waals surface area contributed by atoms with Gasteiger partial charge in [-0.1, -0.05) is 0 Å². The first-order chi connectivity index (χ1) is 14.8. The number of nitrogens with one attached hydrogen (secondary N) is 1. The van der Waals surface area contributed by atoms with Gasteiger partial charge >= 0.3 is 0 Å². The lowest BCUT2D eigenvalue weighted by Crippen LogP contribution is -2.18. The lowest BCUT2D eigenvalue weighted by molar-refractivity contribution is 0.629. The summed E-state index contributed by atoms with van der Waals surface area (Å²) in [5.41, 5.74) is 3.36. The van der Waals surface area contributed by atoms with Crippen LogP contribution in [-0.4, -0.2) is 24.9 Å². The van der Waals surface area contributed by atoms with Crippen molar-refractivity contribution >= 4 is 27.4 Å². The van der Waals surface area contributed by atoms with Crippen LogP contribution in [0.4, 0.5) is 5.82 Å². The van der Waals surface area contributed by atoms with Crippen LogP contribution < -0.4 is 5.32 Å². The van der Waals surface area contributed by atoms with Gasteiger partial charge in [0.25, 0.3) is 0 Å². The molecule has 4 aromatic heterocycles. The molecule has 2 aliphatic carbocycles. The van der Waals surface area contributed by atoms with E-state index in [1.165, 1.54) is 35.1 Å². The Bertz CT molecular complexity index is 1230. The largest absolute Gasteiger partial charge is 0.359 e. The number of hydrogen-bond acceptors (Lipinski definition) is 7. The molecule has 4 aromatic rings. The Kier molecular flexibility index (Phi) is 4.23.